The van der Waals surface area contributed by atoms with E-state index in [1.807, 2.05) is 66.7 Å². The zero-order valence-corrected chi connectivity index (χ0v) is 20.4. The van der Waals surface area contributed by atoms with Crippen LogP contribution in [0.15, 0.2) is 72.8 Å². The Bertz CT molecular complexity index is 1340. The lowest BCUT2D eigenvalue weighted by Crippen LogP contribution is -2.24. The van der Waals surface area contributed by atoms with Crippen LogP contribution in [-0.2, 0) is 11.3 Å². The molecule has 5 rings (SSSR count). The van der Waals surface area contributed by atoms with Gasteiger partial charge in [0, 0.05) is 31.5 Å². The van der Waals surface area contributed by atoms with Gasteiger partial charge >= 0.3 is 0 Å². The summed E-state index contributed by atoms with van der Waals surface area (Å²) in [6, 6.07) is 23.3. The number of ether oxygens (including phenoxy) is 2. The first-order valence-corrected chi connectivity index (χ1v) is 12.3. The molecule has 0 radical (unpaired) electrons. The summed E-state index contributed by atoms with van der Waals surface area (Å²) in [6.07, 6.45) is 2.26. The summed E-state index contributed by atoms with van der Waals surface area (Å²) in [7, 11) is 1.65. The maximum Gasteiger partial charge on any atom is 0.227 e. The van der Waals surface area contributed by atoms with Gasteiger partial charge in [-0.3, -0.25) is 4.79 Å². The van der Waals surface area contributed by atoms with Crippen molar-refractivity contribution in [1.82, 2.24) is 9.55 Å². The maximum atomic E-state index is 12.9. The Morgan fingerprint density at radius 1 is 1.00 bits per heavy atom. The lowest BCUT2D eigenvalue weighted by molar-refractivity contribution is -0.117. The van der Waals surface area contributed by atoms with Gasteiger partial charge in [-0.05, 0) is 49.2 Å². The SMILES string of the molecule is COc1cccc(OCCCCn2c(C3CC(=O)N(c4ccccc4Cl)C3)nc3ccccc32)c1. The number of methoxy groups -OCH3 is 1. The van der Waals surface area contributed by atoms with E-state index in [1.165, 1.54) is 0 Å². The molecule has 7 heteroatoms. The maximum absolute atomic E-state index is 12.9. The van der Waals surface area contributed by atoms with E-state index in [1.54, 1.807) is 12.0 Å². The molecule has 35 heavy (non-hydrogen) atoms. The minimum atomic E-state index is 0.0132. The smallest absolute Gasteiger partial charge is 0.227 e. The molecule has 1 aliphatic heterocycles. The number of carbonyl (C=O) groups excluding carboxylic acids is 1. The van der Waals surface area contributed by atoms with E-state index in [9.17, 15) is 4.79 Å². The number of anilines is 1. The molecule has 0 saturated carbocycles. The summed E-state index contributed by atoms with van der Waals surface area (Å²) in [5.74, 6) is 2.65. The van der Waals surface area contributed by atoms with Crippen LogP contribution in [0.5, 0.6) is 11.5 Å². The Balaban J connectivity index is 1.29. The Hall–Kier alpha value is -3.51. The number of amides is 1. The summed E-state index contributed by atoms with van der Waals surface area (Å²) in [5, 5.41) is 0.589. The highest BCUT2D eigenvalue weighted by molar-refractivity contribution is 6.33. The first-order valence-electron chi connectivity index (χ1n) is 11.9. The van der Waals surface area contributed by atoms with E-state index >= 15 is 0 Å². The molecule has 3 aromatic carbocycles. The van der Waals surface area contributed by atoms with Gasteiger partial charge < -0.3 is 18.9 Å². The van der Waals surface area contributed by atoms with Gasteiger partial charge in [0.1, 0.15) is 17.3 Å². The fraction of sp³-hybridized carbons (Fsp3) is 0.286. The van der Waals surface area contributed by atoms with Crippen LogP contribution in [0.2, 0.25) is 5.02 Å². The van der Waals surface area contributed by atoms with Gasteiger partial charge in [-0.15, -0.1) is 0 Å². The first-order chi connectivity index (χ1) is 17.1. The van der Waals surface area contributed by atoms with E-state index in [0.717, 1.165) is 53.4 Å². The topological polar surface area (TPSA) is 56.6 Å². The van der Waals surface area contributed by atoms with Crippen molar-refractivity contribution in [3.63, 3.8) is 0 Å². The van der Waals surface area contributed by atoms with E-state index in [-0.39, 0.29) is 11.8 Å². The fourth-order valence-corrected chi connectivity index (χ4v) is 4.92. The molecule has 1 amide bonds. The van der Waals surface area contributed by atoms with Crippen molar-refractivity contribution >= 4 is 34.2 Å². The molecule has 0 N–H and O–H groups in total. The normalized spacial score (nSPS) is 15.7. The number of halogens is 1. The highest BCUT2D eigenvalue weighted by Gasteiger charge is 2.35. The number of nitrogens with zero attached hydrogens (tertiary/aromatic N) is 3. The number of rotatable bonds is 9. The second-order valence-electron chi connectivity index (χ2n) is 8.70. The van der Waals surface area contributed by atoms with E-state index in [2.05, 4.69) is 10.6 Å². The molecule has 1 saturated heterocycles. The van der Waals surface area contributed by atoms with Gasteiger partial charge in [0.2, 0.25) is 5.91 Å². The van der Waals surface area contributed by atoms with Gasteiger partial charge in [-0.25, -0.2) is 4.98 Å². The third-order valence-corrected chi connectivity index (χ3v) is 6.72. The number of carbonyl (C=O) groups is 1. The molecule has 4 aromatic rings. The molecule has 0 aliphatic carbocycles. The Kier molecular flexibility index (Phi) is 6.91. The zero-order chi connectivity index (χ0) is 24.2. The number of imidazole rings is 1. The molecule has 2 heterocycles. The highest BCUT2D eigenvalue weighted by atomic mass is 35.5. The van der Waals surface area contributed by atoms with Crippen LogP contribution in [0, 0.1) is 0 Å². The molecule has 1 aromatic heterocycles. The van der Waals surface area contributed by atoms with Crippen molar-refractivity contribution < 1.29 is 14.3 Å². The molecule has 1 fully saturated rings. The minimum Gasteiger partial charge on any atom is -0.497 e. The van der Waals surface area contributed by atoms with Crippen molar-refractivity contribution in [3.05, 3.63) is 83.6 Å². The summed E-state index contributed by atoms with van der Waals surface area (Å²) in [5.41, 5.74) is 2.82. The number of aromatic nitrogens is 2. The van der Waals surface area contributed by atoms with Crippen LogP contribution < -0.4 is 14.4 Å². The van der Waals surface area contributed by atoms with Crippen molar-refractivity contribution in [2.24, 2.45) is 0 Å². The third-order valence-electron chi connectivity index (χ3n) is 6.40. The Morgan fingerprint density at radius 3 is 2.66 bits per heavy atom. The van der Waals surface area contributed by atoms with Crippen LogP contribution in [0.4, 0.5) is 5.69 Å². The van der Waals surface area contributed by atoms with E-state index in [0.29, 0.717) is 24.6 Å². The van der Waals surface area contributed by atoms with Crippen LogP contribution >= 0.6 is 11.6 Å². The predicted octanol–water partition coefficient (Wildman–Crippen LogP) is 6.08. The fourth-order valence-electron chi connectivity index (χ4n) is 4.68. The number of fused-ring (bicyclic) bond motifs is 1. The van der Waals surface area contributed by atoms with Gasteiger partial charge in [0.05, 0.1) is 35.5 Å². The molecule has 0 bridgehead atoms. The molecule has 1 atom stereocenters. The van der Waals surface area contributed by atoms with Gasteiger partial charge in [0.25, 0.3) is 0 Å². The van der Waals surface area contributed by atoms with Crippen molar-refractivity contribution in [2.45, 2.75) is 31.7 Å². The Morgan fingerprint density at radius 2 is 1.80 bits per heavy atom. The summed E-state index contributed by atoms with van der Waals surface area (Å²) in [4.78, 5) is 19.7. The zero-order valence-electron chi connectivity index (χ0n) is 19.7. The van der Waals surface area contributed by atoms with Crippen LogP contribution in [0.3, 0.4) is 0 Å². The van der Waals surface area contributed by atoms with Crippen LogP contribution in [0.1, 0.15) is 31.0 Å². The third kappa shape index (κ3) is 4.98. The monoisotopic (exact) mass is 489 g/mol. The number of para-hydroxylation sites is 3. The molecule has 6 nitrogen and oxygen atoms in total. The predicted molar refractivity (Wildman–Crippen MR) is 139 cm³/mol. The minimum absolute atomic E-state index is 0.0132. The second-order valence-corrected chi connectivity index (χ2v) is 9.11. The highest BCUT2D eigenvalue weighted by Crippen LogP contribution is 2.36. The lowest BCUT2D eigenvalue weighted by Gasteiger charge is -2.18. The van der Waals surface area contributed by atoms with Gasteiger partial charge in [-0.2, -0.15) is 0 Å². The van der Waals surface area contributed by atoms with Crippen molar-refractivity contribution in [3.8, 4) is 11.5 Å². The summed E-state index contributed by atoms with van der Waals surface area (Å²) < 4.78 is 13.4. The van der Waals surface area contributed by atoms with Gasteiger partial charge in [0.15, 0.2) is 0 Å². The number of hydrogen-bond donors (Lipinski definition) is 0. The number of benzene rings is 3. The molecular weight excluding hydrogens is 462 g/mol. The van der Waals surface area contributed by atoms with E-state index in [4.69, 9.17) is 26.1 Å². The second kappa shape index (κ2) is 10.4. The molecule has 1 unspecified atom stereocenters. The van der Waals surface area contributed by atoms with Crippen molar-refractivity contribution in [2.75, 3.05) is 25.2 Å². The number of aryl methyl sites for hydroxylation is 1. The van der Waals surface area contributed by atoms with Crippen molar-refractivity contribution in [1.29, 1.82) is 0 Å². The standard InChI is InChI=1S/C28H28ClN3O3/c1-34-21-9-8-10-22(18-21)35-16-7-6-15-31-26-14-5-3-12-24(26)30-28(31)20-17-27(33)32(19-20)25-13-4-2-11-23(25)29/h2-5,8-14,18,20H,6-7,15-17,19H2,1H3. The summed E-state index contributed by atoms with van der Waals surface area (Å²) >= 11 is 6.38. The summed E-state index contributed by atoms with van der Waals surface area (Å²) in [6.45, 7) is 2.01. The molecule has 1 aliphatic rings. The Labute approximate surface area is 210 Å². The molecular formula is C28H28ClN3O3. The largest absolute Gasteiger partial charge is 0.497 e. The average Bonchev–Trinajstić information content (AvgIpc) is 3.44. The van der Waals surface area contributed by atoms with Crippen LogP contribution in [-0.4, -0.2) is 35.7 Å². The number of unbranched alkanes of at least 4 members (excludes halogenated alkanes) is 1. The first kappa shape index (κ1) is 23.2. The molecule has 0 spiro atoms. The lowest BCUT2D eigenvalue weighted by atomic mass is 10.1. The quantitative estimate of drug-likeness (QED) is 0.267. The van der Waals surface area contributed by atoms with Gasteiger partial charge in [-0.1, -0.05) is 41.9 Å². The molecule has 180 valence electrons. The number of hydrogen-bond acceptors (Lipinski definition) is 4. The van der Waals surface area contributed by atoms with Crippen LogP contribution in [0.25, 0.3) is 11.0 Å². The van der Waals surface area contributed by atoms with E-state index < -0.39 is 0 Å². The average molecular weight is 490 g/mol.